The second kappa shape index (κ2) is 9.29. The first kappa shape index (κ1) is 23.3. The molecule has 0 aliphatic carbocycles. The Balaban J connectivity index is 1.65. The summed E-state index contributed by atoms with van der Waals surface area (Å²) in [7, 11) is -1.54. The Morgan fingerprint density at radius 2 is 1.32 bits per heavy atom. The predicted molar refractivity (Wildman–Crippen MR) is 137 cm³/mol. The predicted octanol–water partition coefficient (Wildman–Crippen LogP) is 5.13. The number of piperidine rings is 1. The molecule has 2 bridgehead atoms. The van der Waals surface area contributed by atoms with Crippen LogP contribution in [0.2, 0.25) is 0 Å². The molecule has 5 rings (SSSR count). The van der Waals surface area contributed by atoms with Crippen LogP contribution >= 0.6 is 0 Å². The molecule has 0 amide bonds. The number of sulfonamides is 1. The Bertz CT molecular complexity index is 1170. The molecule has 2 aliphatic rings. The van der Waals surface area contributed by atoms with E-state index in [4.69, 9.17) is 5.14 Å². The highest BCUT2D eigenvalue weighted by molar-refractivity contribution is 7.89. The number of hydrogen-bond acceptors (Lipinski definition) is 3. The molecule has 34 heavy (non-hydrogen) atoms. The summed E-state index contributed by atoms with van der Waals surface area (Å²) < 4.78 is 25.0. The summed E-state index contributed by atoms with van der Waals surface area (Å²) in [5, 5.41) is 5.66. The second-order valence-corrected chi connectivity index (χ2v) is 11.8. The van der Waals surface area contributed by atoms with Crippen molar-refractivity contribution < 1.29 is 8.42 Å². The summed E-state index contributed by atoms with van der Waals surface area (Å²) >= 11 is 0. The van der Waals surface area contributed by atoms with E-state index in [9.17, 15) is 8.42 Å². The Kier molecular flexibility index (Phi) is 6.36. The van der Waals surface area contributed by atoms with Crippen molar-refractivity contribution in [3.05, 3.63) is 102 Å². The Morgan fingerprint density at radius 1 is 0.824 bits per heavy atom. The molecule has 1 unspecified atom stereocenters. The van der Waals surface area contributed by atoms with E-state index in [0.29, 0.717) is 24.4 Å². The van der Waals surface area contributed by atoms with Gasteiger partial charge in [0.25, 0.3) is 0 Å². The van der Waals surface area contributed by atoms with E-state index in [1.807, 2.05) is 24.3 Å². The minimum Gasteiger partial charge on any atom is -0.300 e. The zero-order valence-electron chi connectivity index (χ0n) is 19.8. The molecule has 0 spiro atoms. The lowest BCUT2D eigenvalue weighted by atomic mass is 9.64. The van der Waals surface area contributed by atoms with E-state index in [2.05, 4.69) is 60.5 Å². The Hall–Kier alpha value is -2.47. The summed E-state index contributed by atoms with van der Waals surface area (Å²) in [6, 6.07) is 29.8. The van der Waals surface area contributed by atoms with Crippen molar-refractivity contribution in [2.45, 2.75) is 60.9 Å². The molecule has 178 valence electrons. The maximum Gasteiger partial charge on any atom is 0.238 e. The zero-order valence-corrected chi connectivity index (χ0v) is 20.6. The first-order chi connectivity index (χ1) is 16.4. The van der Waals surface area contributed by atoms with E-state index in [1.165, 1.54) is 36.8 Å². The fourth-order valence-electron chi connectivity index (χ4n) is 6.63. The molecular weight excluding hydrogens is 440 g/mol. The van der Waals surface area contributed by atoms with Crippen LogP contribution < -0.4 is 5.14 Å². The van der Waals surface area contributed by atoms with Gasteiger partial charge in [-0.3, -0.25) is 0 Å². The number of benzene rings is 3. The third-order valence-electron chi connectivity index (χ3n) is 8.26. The third-order valence-corrected chi connectivity index (χ3v) is 9.27. The number of primary sulfonamides is 1. The van der Waals surface area contributed by atoms with Gasteiger partial charge in [-0.1, -0.05) is 78.9 Å². The highest BCUT2D eigenvalue weighted by atomic mass is 32.2. The molecule has 2 fully saturated rings. The summed E-state index contributed by atoms with van der Waals surface area (Å²) in [6.45, 7) is 0. The molecule has 0 saturated carbocycles. The largest absolute Gasteiger partial charge is 0.300 e. The van der Waals surface area contributed by atoms with E-state index in [-0.39, 0.29) is 10.3 Å². The van der Waals surface area contributed by atoms with Crippen LogP contribution in [0.25, 0.3) is 0 Å². The van der Waals surface area contributed by atoms with Gasteiger partial charge in [-0.2, -0.15) is 0 Å². The van der Waals surface area contributed by atoms with Crippen molar-refractivity contribution in [1.82, 2.24) is 4.90 Å². The molecule has 3 aromatic rings. The Labute approximate surface area is 203 Å². The van der Waals surface area contributed by atoms with Crippen LogP contribution in [0.15, 0.2) is 89.8 Å². The number of nitrogens with zero attached hydrogens (tertiary/aromatic N) is 1. The fourth-order valence-corrected chi connectivity index (χ4v) is 7.40. The number of fused-ring (bicyclic) bond motifs is 2. The molecule has 3 atom stereocenters. The summed E-state index contributed by atoms with van der Waals surface area (Å²) in [6.07, 6.45) is 6.55. The molecular formula is C29H34N2O2S. The van der Waals surface area contributed by atoms with E-state index in [0.717, 1.165) is 12.0 Å². The van der Waals surface area contributed by atoms with Gasteiger partial charge in [0.1, 0.15) is 0 Å². The van der Waals surface area contributed by atoms with Crippen molar-refractivity contribution >= 4 is 10.0 Å². The first-order valence-electron chi connectivity index (χ1n) is 12.3. The van der Waals surface area contributed by atoms with Gasteiger partial charge in [0.05, 0.1) is 4.90 Å². The summed E-state index contributed by atoms with van der Waals surface area (Å²) in [4.78, 5) is 2.81. The number of rotatable bonds is 7. The average Bonchev–Trinajstić information content (AvgIpc) is 3.04. The van der Waals surface area contributed by atoms with Crippen molar-refractivity contribution in [3.8, 4) is 0 Å². The fraction of sp³-hybridized carbons (Fsp3) is 0.379. The topological polar surface area (TPSA) is 63.4 Å². The molecule has 2 aliphatic heterocycles. The highest BCUT2D eigenvalue weighted by Crippen LogP contribution is 2.47. The van der Waals surface area contributed by atoms with Crippen LogP contribution in [0.1, 0.15) is 48.8 Å². The standard InChI is InChI=1S/C29H34N2O2S/c1-31-26-16-17-27(31)19-22(18-26)20-29(24-11-4-2-5-12-24,25-13-6-3-7-14-25)21-23-10-8-9-15-28(23)34(30,32)33/h2-15,22,26-27H,16-21H2,1H3,(H2,30,32,33)/t22?,26-,27+. The lowest BCUT2D eigenvalue weighted by Gasteiger charge is -2.43. The quantitative estimate of drug-likeness (QED) is 0.517. The SMILES string of the molecule is CN1[C@@H]2CC[C@H]1CC(CC(Cc1ccccc1S(N)(=O)=O)(c1ccccc1)c1ccccc1)C2. The molecule has 0 radical (unpaired) electrons. The summed E-state index contributed by atoms with van der Waals surface area (Å²) in [5.41, 5.74) is 2.91. The smallest absolute Gasteiger partial charge is 0.238 e. The normalized spacial score (nSPS) is 23.2. The maximum atomic E-state index is 12.5. The van der Waals surface area contributed by atoms with Crippen molar-refractivity contribution in [2.75, 3.05) is 7.05 Å². The third kappa shape index (κ3) is 4.45. The van der Waals surface area contributed by atoms with Crippen LogP contribution in [0.4, 0.5) is 0 Å². The molecule has 5 heteroatoms. The van der Waals surface area contributed by atoms with Gasteiger partial charge in [0.2, 0.25) is 10.0 Å². The zero-order chi connectivity index (χ0) is 23.8. The van der Waals surface area contributed by atoms with Crippen LogP contribution in [-0.2, 0) is 21.9 Å². The minimum atomic E-state index is -3.82. The van der Waals surface area contributed by atoms with E-state index in [1.54, 1.807) is 12.1 Å². The Morgan fingerprint density at radius 3 is 1.85 bits per heavy atom. The molecule has 2 saturated heterocycles. The summed E-state index contributed by atoms with van der Waals surface area (Å²) in [5.74, 6) is 0.579. The van der Waals surface area contributed by atoms with Gasteiger partial charge >= 0.3 is 0 Å². The van der Waals surface area contributed by atoms with Crippen molar-refractivity contribution in [3.63, 3.8) is 0 Å². The monoisotopic (exact) mass is 474 g/mol. The molecule has 3 aromatic carbocycles. The van der Waals surface area contributed by atoms with Gasteiger partial charge < -0.3 is 4.90 Å². The second-order valence-electron chi connectivity index (χ2n) is 10.2. The number of nitrogens with two attached hydrogens (primary N) is 1. The van der Waals surface area contributed by atoms with Gasteiger partial charge in [0.15, 0.2) is 0 Å². The molecule has 0 aromatic heterocycles. The average molecular weight is 475 g/mol. The van der Waals surface area contributed by atoms with Crippen LogP contribution in [0, 0.1) is 5.92 Å². The lowest BCUT2D eigenvalue weighted by Crippen LogP contribution is -2.43. The first-order valence-corrected chi connectivity index (χ1v) is 13.9. The maximum absolute atomic E-state index is 12.5. The lowest BCUT2D eigenvalue weighted by molar-refractivity contribution is 0.118. The van der Waals surface area contributed by atoms with E-state index < -0.39 is 10.0 Å². The molecule has 2 heterocycles. The number of hydrogen-bond donors (Lipinski definition) is 1. The van der Waals surface area contributed by atoms with Crippen LogP contribution in [0.5, 0.6) is 0 Å². The highest BCUT2D eigenvalue weighted by Gasteiger charge is 2.43. The molecule has 2 N–H and O–H groups in total. The van der Waals surface area contributed by atoms with Crippen LogP contribution in [-0.4, -0.2) is 32.4 Å². The van der Waals surface area contributed by atoms with Crippen LogP contribution in [0.3, 0.4) is 0 Å². The van der Waals surface area contributed by atoms with Gasteiger partial charge in [-0.15, -0.1) is 0 Å². The van der Waals surface area contributed by atoms with Crippen molar-refractivity contribution in [1.29, 1.82) is 0 Å². The van der Waals surface area contributed by atoms with E-state index >= 15 is 0 Å². The minimum absolute atomic E-state index is 0.231. The molecule has 4 nitrogen and oxygen atoms in total. The van der Waals surface area contributed by atoms with Crippen molar-refractivity contribution in [2.24, 2.45) is 11.1 Å². The van der Waals surface area contributed by atoms with Gasteiger partial charge in [-0.25, -0.2) is 13.6 Å². The van der Waals surface area contributed by atoms with Gasteiger partial charge in [0, 0.05) is 17.5 Å². The van der Waals surface area contributed by atoms with Gasteiger partial charge in [-0.05, 0) is 74.2 Å².